The summed E-state index contributed by atoms with van der Waals surface area (Å²) in [6.07, 6.45) is 1.52. The van der Waals surface area contributed by atoms with Crippen LogP contribution in [0.2, 0.25) is 0 Å². The number of fused-ring (bicyclic) bond motifs is 1. The van der Waals surface area contributed by atoms with Crippen LogP contribution in [0.4, 0.5) is 0 Å². The van der Waals surface area contributed by atoms with Crippen molar-refractivity contribution in [2.24, 2.45) is 0 Å². The quantitative estimate of drug-likeness (QED) is 0.889. The Kier molecular flexibility index (Phi) is 3.60. The highest BCUT2D eigenvalue weighted by Crippen LogP contribution is 2.15. The molecule has 6 nitrogen and oxygen atoms in total. The van der Waals surface area contributed by atoms with E-state index in [1.807, 2.05) is 31.2 Å². The van der Waals surface area contributed by atoms with Crippen molar-refractivity contribution in [2.45, 2.75) is 25.8 Å². The van der Waals surface area contributed by atoms with Gasteiger partial charge in [-0.3, -0.25) is 14.7 Å². The van der Waals surface area contributed by atoms with Crippen LogP contribution in [0.3, 0.4) is 0 Å². The molecule has 1 fully saturated rings. The molecule has 2 aromatic rings. The molecule has 0 bridgehead atoms. The lowest BCUT2D eigenvalue weighted by molar-refractivity contribution is -0.127. The minimum atomic E-state index is -0.216. The molecule has 0 unspecified atom stereocenters. The lowest BCUT2D eigenvalue weighted by atomic mass is 10.2. The van der Waals surface area contributed by atoms with Gasteiger partial charge >= 0.3 is 0 Å². The third-order valence-electron chi connectivity index (χ3n) is 3.73. The number of H-pyrrole nitrogens is 1. The molecule has 0 spiro atoms. The Morgan fingerprint density at radius 1 is 1.48 bits per heavy atom. The fourth-order valence-electron chi connectivity index (χ4n) is 2.70. The fourth-order valence-corrected chi connectivity index (χ4v) is 2.70. The highest BCUT2D eigenvalue weighted by atomic mass is 16.2. The predicted octanol–water partition coefficient (Wildman–Crippen LogP) is 1.30. The summed E-state index contributed by atoms with van der Waals surface area (Å²) in [7, 11) is 0. The summed E-state index contributed by atoms with van der Waals surface area (Å²) in [6, 6.07) is 7.41. The Labute approximate surface area is 122 Å². The van der Waals surface area contributed by atoms with E-state index in [9.17, 15) is 9.59 Å². The van der Waals surface area contributed by atoms with Gasteiger partial charge in [0.2, 0.25) is 5.91 Å². The van der Waals surface area contributed by atoms with Crippen LogP contribution in [-0.4, -0.2) is 46.0 Å². The van der Waals surface area contributed by atoms with Crippen molar-refractivity contribution in [1.29, 1.82) is 0 Å². The van der Waals surface area contributed by atoms with Crippen LogP contribution < -0.4 is 5.32 Å². The molecule has 2 N–H and O–H groups in total. The molecule has 0 radical (unpaired) electrons. The maximum Gasteiger partial charge on any atom is 0.272 e. The highest BCUT2D eigenvalue weighted by Gasteiger charge is 2.23. The number of hydrogen-bond donors (Lipinski definition) is 2. The number of aromatic nitrogens is 2. The molecule has 1 aliphatic rings. The maximum absolute atomic E-state index is 12.3. The van der Waals surface area contributed by atoms with Crippen molar-refractivity contribution in [1.82, 2.24) is 20.4 Å². The molecule has 1 aliphatic heterocycles. The van der Waals surface area contributed by atoms with Gasteiger partial charge in [0.05, 0.1) is 5.52 Å². The van der Waals surface area contributed by atoms with Crippen LogP contribution in [0.25, 0.3) is 10.9 Å². The van der Waals surface area contributed by atoms with Gasteiger partial charge in [-0.25, -0.2) is 0 Å². The minimum Gasteiger partial charge on any atom is -0.346 e. The van der Waals surface area contributed by atoms with Crippen LogP contribution in [0.15, 0.2) is 24.3 Å². The lowest BCUT2D eigenvalue weighted by Gasteiger charge is -2.21. The van der Waals surface area contributed by atoms with Gasteiger partial charge in [-0.2, -0.15) is 5.10 Å². The van der Waals surface area contributed by atoms with E-state index in [-0.39, 0.29) is 17.9 Å². The van der Waals surface area contributed by atoms with Crippen LogP contribution in [-0.2, 0) is 4.79 Å². The van der Waals surface area contributed by atoms with E-state index in [4.69, 9.17) is 0 Å². The fraction of sp³-hybridized carbons (Fsp3) is 0.400. The molecule has 6 heteroatoms. The summed E-state index contributed by atoms with van der Waals surface area (Å²) in [6.45, 7) is 3.23. The topological polar surface area (TPSA) is 78.1 Å². The van der Waals surface area contributed by atoms with E-state index < -0.39 is 0 Å². The van der Waals surface area contributed by atoms with Crippen molar-refractivity contribution in [3.8, 4) is 0 Å². The molecule has 1 aromatic heterocycles. The van der Waals surface area contributed by atoms with Gasteiger partial charge in [0, 0.05) is 30.9 Å². The zero-order chi connectivity index (χ0) is 14.8. The number of rotatable bonds is 4. The largest absolute Gasteiger partial charge is 0.346 e. The molecule has 2 heterocycles. The summed E-state index contributed by atoms with van der Waals surface area (Å²) in [4.78, 5) is 25.7. The monoisotopic (exact) mass is 286 g/mol. The van der Waals surface area contributed by atoms with Crippen LogP contribution in [0, 0.1) is 0 Å². The zero-order valence-corrected chi connectivity index (χ0v) is 11.9. The third-order valence-corrected chi connectivity index (χ3v) is 3.73. The number of para-hydroxylation sites is 1. The van der Waals surface area contributed by atoms with Crippen LogP contribution in [0.1, 0.15) is 30.3 Å². The first kappa shape index (κ1) is 13.6. The number of aromatic amines is 1. The van der Waals surface area contributed by atoms with Crippen molar-refractivity contribution in [3.05, 3.63) is 30.0 Å². The van der Waals surface area contributed by atoms with Crippen molar-refractivity contribution in [2.75, 3.05) is 13.1 Å². The first-order chi connectivity index (χ1) is 10.1. The van der Waals surface area contributed by atoms with Crippen LogP contribution >= 0.6 is 0 Å². The average molecular weight is 286 g/mol. The van der Waals surface area contributed by atoms with Gasteiger partial charge in [0.1, 0.15) is 0 Å². The lowest BCUT2D eigenvalue weighted by Crippen LogP contribution is -2.42. The number of nitrogens with one attached hydrogen (secondary N) is 2. The average Bonchev–Trinajstić information content (AvgIpc) is 3.05. The molecule has 0 aliphatic carbocycles. The molecule has 21 heavy (non-hydrogen) atoms. The Bertz CT molecular complexity index is 679. The Morgan fingerprint density at radius 2 is 2.29 bits per heavy atom. The predicted molar refractivity (Wildman–Crippen MR) is 78.8 cm³/mol. The van der Waals surface area contributed by atoms with Crippen LogP contribution in [0.5, 0.6) is 0 Å². The first-order valence-corrected chi connectivity index (χ1v) is 7.17. The van der Waals surface area contributed by atoms with Crippen molar-refractivity contribution < 1.29 is 9.59 Å². The first-order valence-electron chi connectivity index (χ1n) is 7.17. The minimum absolute atomic E-state index is 0.102. The second-order valence-corrected chi connectivity index (χ2v) is 5.44. The molecule has 1 atom stereocenters. The number of carbonyl (C=O) groups is 2. The van der Waals surface area contributed by atoms with Gasteiger partial charge in [0.25, 0.3) is 5.91 Å². The van der Waals surface area contributed by atoms with Crippen molar-refractivity contribution >= 4 is 22.7 Å². The highest BCUT2D eigenvalue weighted by molar-refractivity contribution is 6.04. The molecule has 2 amide bonds. The van der Waals surface area contributed by atoms with Gasteiger partial charge in [-0.05, 0) is 19.4 Å². The Balaban J connectivity index is 1.67. The number of carbonyl (C=O) groups excluding carboxylic acids is 2. The number of amides is 2. The number of likely N-dealkylation sites (tertiary alicyclic amines) is 1. The summed E-state index contributed by atoms with van der Waals surface area (Å²) in [5.74, 6) is -0.0482. The van der Waals surface area contributed by atoms with E-state index in [0.717, 1.165) is 23.9 Å². The summed E-state index contributed by atoms with van der Waals surface area (Å²) < 4.78 is 0. The Hall–Kier alpha value is -2.37. The molecule has 3 rings (SSSR count). The van der Waals surface area contributed by atoms with Gasteiger partial charge in [-0.1, -0.05) is 18.2 Å². The van der Waals surface area contributed by atoms with Gasteiger partial charge in [0.15, 0.2) is 5.69 Å². The standard InChI is InChI=1S/C15H18N4O2/c1-10(9-19-8-4-7-13(19)20)16-15(21)14-11-5-2-3-6-12(11)17-18-14/h2-3,5-6,10H,4,7-9H2,1H3,(H,16,21)(H,17,18)/t10-/m1/s1. The SMILES string of the molecule is C[C@H](CN1CCCC1=O)NC(=O)c1n[nH]c2ccccc12. The van der Waals surface area contributed by atoms with E-state index in [1.165, 1.54) is 0 Å². The van der Waals surface area contributed by atoms with E-state index in [0.29, 0.717) is 18.7 Å². The summed E-state index contributed by atoms with van der Waals surface area (Å²) in [5, 5.41) is 10.6. The summed E-state index contributed by atoms with van der Waals surface area (Å²) in [5.41, 5.74) is 1.23. The number of hydrogen-bond acceptors (Lipinski definition) is 3. The second kappa shape index (κ2) is 5.55. The van der Waals surface area contributed by atoms with E-state index >= 15 is 0 Å². The Morgan fingerprint density at radius 3 is 3.05 bits per heavy atom. The second-order valence-electron chi connectivity index (χ2n) is 5.44. The van der Waals surface area contributed by atoms with E-state index in [1.54, 1.807) is 4.90 Å². The van der Waals surface area contributed by atoms with Crippen molar-refractivity contribution in [3.63, 3.8) is 0 Å². The molecule has 0 saturated carbocycles. The number of nitrogens with zero attached hydrogens (tertiary/aromatic N) is 2. The smallest absolute Gasteiger partial charge is 0.272 e. The molecule has 110 valence electrons. The molecular weight excluding hydrogens is 268 g/mol. The molecular formula is C15H18N4O2. The zero-order valence-electron chi connectivity index (χ0n) is 11.9. The molecule has 1 saturated heterocycles. The van der Waals surface area contributed by atoms with Gasteiger partial charge < -0.3 is 10.2 Å². The van der Waals surface area contributed by atoms with Gasteiger partial charge in [-0.15, -0.1) is 0 Å². The number of benzene rings is 1. The normalized spacial score (nSPS) is 16.4. The third kappa shape index (κ3) is 2.74. The van der Waals surface area contributed by atoms with E-state index in [2.05, 4.69) is 15.5 Å². The molecule has 1 aromatic carbocycles. The maximum atomic E-state index is 12.3. The summed E-state index contributed by atoms with van der Waals surface area (Å²) >= 11 is 0.